The number of hydrogen-bond donors (Lipinski definition) is 1. The fraction of sp³-hybridized carbons (Fsp3) is 0.647. The molecule has 0 aromatic heterocycles. The summed E-state index contributed by atoms with van der Waals surface area (Å²) in [4.78, 5) is 0. The van der Waals surface area contributed by atoms with Crippen molar-refractivity contribution in [1.82, 2.24) is 5.32 Å². The maximum absolute atomic E-state index is 13.1. The van der Waals surface area contributed by atoms with Crippen LogP contribution in [0.2, 0.25) is 5.02 Å². The van der Waals surface area contributed by atoms with E-state index in [1.807, 2.05) is 7.05 Å². The molecule has 0 unspecified atom stereocenters. The van der Waals surface area contributed by atoms with Crippen molar-refractivity contribution in [2.45, 2.75) is 37.8 Å². The number of rotatable bonds is 3. The fourth-order valence-corrected chi connectivity index (χ4v) is 4.82. The van der Waals surface area contributed by atoms with E-state index in [4.69, 9.17) is 11.6 Å². The lowest BCUT2D eigenvalue weighted by atomic mass is 9.57. The Morgan fingerprint density at radius 3 is 2.36 bits per heavy atom. The Morgan fingerprint density at radius 2 is 1.77 bits per heavy atom. The molecule has 0 spiro atoms. The molecule has 1 N–H and O–H groups in total. The van der Waals surface area contributed by atoms with Crippen LogP contribution in [0.4, 0.5) is 13.2 Å². The number of nitrogens with one attached hydrogen (secondary N) is 1. The SMILES string of the molecule is CNC[C@@H]1C2CCC(CC2)[C@@H]1c1ccc(Cl)c(C(F)(F)F)c1. The topological polar surface area (TPSA) is 12.0 Å². The molecule has 0 radical (unpaired) electrons. The van der Waals surface area contributed by atoms with Crippen LogP contribution >= 0.6 is 11.6 Å². The van der Waals surface area contributed by atoms with Crippen molar-refractivity contribution >= 4 is 11.6 Å². The molecular formula is C17H21ClF3N. The maximum atomic E-state index is 13.1. The minimum atomic E-state index is -4.39. The van der Waals surface area contributed by atoms with Gasteiger partial charge in [0.2, 0.25) is 0 Å². The van der Waals surface area contributed by atoms with E-state index in [9.17, 15) is 13.2 Å². The Morgan fingerprint density at radius 1 is 1.14 bits per heavy atom. The average Bonchev–Trinajstić information content (AvgIpc) is 2.48. The van der Waals surface area contributed by atoms with Crippen LogP contribution < -0.4 is 5.32 Å². The Hall–Kier alpha value is -0.740. The molecule has 122 valence electrons. The first-order chi connectivity index (χ1) is 10.4. The molecule has 22 heavy (non-hydrogen) atoms. The third-order valence-corrected chi connectivity index (χ3v) is 5.84. The molecule has 0 aliphatic heterocycles. The molecule has 1 aromatic carbocycles. The number of alkyl halides is 3. The van der Waals surface area contributed by atoms with E-state index in [1.165, 1.54) is 25.0 Å². The average molecular weight is 332 g/mol. The van der Waals surface area contributed by atoms with Crippen LogP contribution in [0, 0.1) is 17.8 Å². The van der Waals surface area contributed by atoms with E-state index in [0.29, 0.717) is 17.8 Å². The van der Waals surface area contributed by atoms with E-state index in [-0.39, 0.29) is 10.9 Å². The number of benzene rings is 1. The summed E-state index contributed by atoms with van der Waals surface area (Å²) in [6, 6.07) is 4.50. The second-order valence-corrected chi connectivity index (χ2v) is 7.07. The molecule has 0 amide bonds. The molecule has 1 aromatic rings. The molecule has 1 nitrogen and oxygen atoms in total. The zero-order valence-electron chi connectivity index (χ0n) is 12.6. The van der Waals surface area contributed by atoms with Gasteiger partial charge in [0.05, 0.1) is 10.6 Å². The third kappa shape index (κ3) is 2.88. The van der Waals surface area contributed by atoms with Crippen LogP contribution in [0.5, 0.6) is 0 Å². The van der Waals surface area contributed by atoms with E-state index < -0.39 is 11.7 Å². The van der Waals surface area contributed by atoms with Crippen molar-refractivity contribution in [3.05, 3.63) is 34.3 Å². The van der Waals surface area contributed by atoms with Crippen molar-refractivity contribution in [2.24, 2.45) is 17.8 Å². The Kier molecular flexibility index (Phi) is 4.43. The van der Waals surface area contributed by atoms with Gasteiger partial charge in [-0.2, -0.15) is 13.2 Å². The lowest BCUT2D eigenvalue weighted by Gasteiger charge is -2.49. The molecular weight excluding hydrogens is 311 g/mol. The van der Waals surface area contributed by atoms with Gasteiger partial charge in [0.1, 0.15) is 0 Å². The van der Waals surface area contributed by atoms with Crippen LogP contribution in [0.15, 0.2) is 18.2 Å². The van der Waals surface area contributed by atoms with Crippen LogP contribution in [0.3, 0.4) is 0 Å². The van der Waals surface area contributed by atoms with Crippen LogP contribution in [-0.4, -0.2) is 13.6 Å². The van der Waals surface area contributed by atoms with E-state index in [2.05, 4.69) is 5.32 Å². The third-order valence-electron chi connectivity index (χ3n) is 5.51. The summed E-state index contributed by atoms with van der Waals surface area (Å²) in [5.41, 5.74) is 0.114. The molecule has 4 rings (SSSR count). The largest absolute Gasteiger partial charge is 0.417 e. The Bertz CT molecular complexity index is 535. The molecule has 0 saturated heterocycles. The fourth-order valence-electron chi connectivity index (χ4n) is 4.59. The lowest BCUT2D eigenvalue weighted by Crippen LogP contribution is -2.42. The van der Waals surface area contributed by atoms with E-state index in [1.54, 1.807) is 6.07 Å². The first-order valence-electron chi connectivity index (χ1n) is 7.93. The molecule has 2 bridgehead atoms. The molecule has 2 atom stereocenters. The number of halogens is 4. The van der Waals surface area contributed by atoms with Gasteiger partial charge in [-0.15, -0.1) is 0 Å². The molecule has 3 fully saturated rings. The second kappa shape index (κ2) is 6.04. The van der Waals surface area contributed by atoms with Gasteiger partial charge in [-0.25, -0.2) is 0 Å². The standard InChI is InChI=1S/C17H21ClF3N/c1-22-9-13-10-2-4-11(5-3-10)16(13)12-6-7-15(18)14(8-12)17(19,20)21/h6-8,10-11,13,16,22H,2-5,9H2,1H3/t10?,11?,13-,16-/m1/s1. The summed E-state index contributed by atoms with van der Waals surface area (Å²) in [6.07, 6.45) is 0.318. The predicted octanol–water partition coefficient (Wildman–Crippen LogP) is 5.10. The summed E-state index contributed by atoms with van der Waals surface area (Å²) in [5, 5.41) is 3.02. The zero-order chi connectivity index (χ0) is 15.9. The Labute approximate surface area is 134 Å². The number of fused-ring (bicyclic) bond motifs is 3. The van der Waals surface area contributed by atoms with Crippen LogP contribution in [0.1, 0.15) is 42.7 Å². The lowest BCUT2D eigenvalue weighted by molar-refractivity contribution is -0.137. The molecule has 0 heterocycles. The normalized spacial score (nSPS) is 31.5. The first-order valence-corrected chi connectivity index (χ1v) is 8.31. The quantitative estimate of drug-likeness (QED) is 0.812. The first kappa shape index (κ1) is 16.1. The molecule has 5 heteroatoms. The van der Waals surface area contributed by atoms with Gasteiger partial charge in [-0.3, -0.25) is 0 Å². The monoisotopic (exact) mass is 331 g/mol. The van der Waals surface area contributed by atoms with Crippen molar-refractivity contribution in [2.75, 3.05) is 13.6 Å². The van der Waals surface area contributed by atoms with Crippen molar-refractivity contribution < 1.29 is 13.2 Å². The van der Waals surface area contributed by atoms with Crippen LogP contribution in [-0.2, 0) is 6.18 Å². The summed E-state index contributed by atoms with van der Waals surface area (Å²) in [6.45, 7) is 0.871. The summed E-state index contributed by atoms with van der Waals surface area (Å²) >= 11 is 5.76. The zero-order valence-corrected chi connectivity index (χ0v) is 13.3. The van der Waals surface area contributed by atoms with Crippen molar-refractivity contribution in [3.8, 4) is 0 Å². The molecule has 3 saturated carbocycles. The van der Waals surface area contributed by atoms with Gasteiger partial charge in [-0.05, 0) is 80.6 Å². The summed E-state index contributed by atoms with van der Waals surface area (Å²) < 4.78 is 39.4. The second-order valence-electron chi connectivity index (χ2n) is 6.66. The van der Waals surface area contributed by atoms with Gasteiger partial charge in [-0.1, -0.05) is 17.7 Å². The van der Waals surface area contributed by atoms with Gasteiger partial charge < -0.3 is 5.32 Å². The minimum absolute atomic E-state index is 0.206. The summed E-state index contributed by atoms with van der Waals surface area (Å²) in [7, 11) is 1.92. The highest BCUT2D eigenvalue weighted by molar-refractivity contribution is 6.31. The highest BCUT2D eigenvalue weighted by Crippen LogP contribution is 2.53. The number of hydrogen-bond acceptors (Lipinski definition) is 1. The predicted molar refractivity (Wildman–Crippen MR) is 82.1 cm³/mol. The van der Waals surface area contributed by atoms with Crippen molar-refractivity contribution in [3.63, 3.8) is 0 Å². The van der Waals surface area contributed by atoms with Crippen LogP contribution in [0.25, 0.3) is 0 Å². The van der Waals surface area contributed by atoms with Gasteiger partial charge >= 0.3 is 6.18 Å². The summed E-state index contributed by atoms with van der Waals surface area (Å²) in [5.74, 6) is 1.79. The highest BCUT2D eigenvalue weighted by atomic mass is 35.5. The Balaban J connectivity index is 1.98. The highest BCUT2D eigenvalue weighted by Gasteiger charge is 2.44. The minimum Gasteiger partial charge on any atom is -0.319 e. The maximum Gasteiger partial charge on any atom is 0.417 e. The molecule has 3 aliphatic rings. The van der Waals surface area contributed by atoms with Gasteiger partial charge in [0.15, 0.2) is 0 Å². The van der Waals surface area contributed by atoms with E-state index in [0.717, 1.165) is 24.9 Å². The van der Waals surface area contributed by atoms with Gasteiger partial charge in [0, 0.05) is 0 Å². The van der Waals surface area contributed by atoms with Crippen molar-refractivity contribution in [1.29, 1.82) is 0 Å². The molecule has 3 aliphatic carbocycles. The smallest absolute Gasteiger partial charge is 0.319 e. The van der Waals surface area contributed by atoms with Gasteiger partial charge in [0.25, 0.3) is 0 Å². The van der Waals surface area contributed by atoms with E-state index >= 15 is 0 Å².